The summed E-state index contributed by atoms with van der Waals surface area (Å²) in [5, 5.41) is 4.80. The maximum absolute atomic E-state index is 6.56. The van der Waals surface area contributed by atoms with Crippen molar-refractivity contribution in [3.63, 3.8) is 0 Å². The lowest BCUT2D eigenvalue weighted by atomic mass is 9.39. The van der Waals surface area contributed by atoms with E-state index in [1.807, 2.05) is 0 Å². The van der Waals surface area contributed by atoms with E-state index >= 15 is 0 Å². The second-order valence-corrected chi connectivity index (χ2v) is 17.7. The fraction of sp³-hybridized carbons (Fsp3) is 0.245. The van der Waals surface area contributed by atoms with Crippen molar-refractivity contribution in [1.29, 1.82) is 0 Å². The van der Waals surface area contributed by atoms with Crippen molar-refractivity contribution in [2.45, 2.75) is 56.8 Å². The van der Waals surface area contributed by atoms with Crippen LogP contribution in [0, 0.1) is 23.7 Å². The molecular formula is C53H45NO. The van der Waals surface area contributed by atoms with E-state index in [4.69, 9.17) is 4.42 Å². The van der Waals surface area contributed by atoms with Crippen molar-refractivity contribution in [2.24, 2.45) is 23.7 Å². The van der Waals surface area contributed by atoms with E-state index in [1.165, 1.54) is 65.4 Å². The number of nitrogens with zero attached hydrogens (tertiary/aromatic N) is 1. The van der Waals surface area contributed by atoms with Gasteiger partial charge in [-0.3, -0.25) is 0 Å². The Kier molecular flexibility index (Phi) is 6.61. The molecule has 4 saturated carbocycles. The summed E-state index contributed by atoms with van der Waals surface area (Å²) in [5.41, 5.74) is 13.9. The Morgan fingerprint density at radius 3 is 1.98 bits per heavy atom. The summed E-state index contributed by atoms with van der Waals surface area (Å²) in [6, 6.07) is 56.8. The first-order chi connectivity index (χ1) is 27.0. The van der Waals surface area contributed by atoms with Crippen LogP contribution in [-0.2, 0) is 10.8 Å². The smallest absolute Gasteiger partial charge is 0.143 e. The zero-order chi connectivity index (χ0) is 36.5. The van der Waals surface area contributed by atoms with E-state index in [-0.39, 0.29) is 10.8 Å². The monoisotopic (exact) mass is 711 g/mol. The third kappa shape index (κ3) is 4.37. The van der Waals surface area contributed by atoms with Crippen molar-refractivity contribution in [3.8, 4) is 11.1 Å². The van der Waals surface area contributed by atoms with Gasteiger partial charge in [-0.2, -0.15) is 0 Å². The van der Waals surface area contributed by atoms with Gasteiger partial charge in [0, 0.05) is 43.9 Å². The van der Waals surface area contributed by atoms with Gasteiger partial charge in [0.1, 0.15) is 11.2 Å². The van der Waals surface area contributed by atoms with Crippen LogP contribution in [0.1, 0.15) is 68.2 Å². The summed E-state index contributed by atoms with van der Waals surface area (Å²) < 4.78 is 6.56. The molecule has 0 amide bonds. The molecule has 0 atom stereocenters. The Labute approximate surface area is 323 Å². The van der Waals surface area contributed by atoms with Crippen LogP contribution in [0.25, 0.3) is 43.8 Å². The summed E-state index contributed by atoms with van der Waals surface area (Å²) in [6.45, 7) is 4.96. The molecule has 7 aromatic carbocycles. The predicted octanol–water partition coefficient (Wildman–Crippen LogP) is 14.3. The molecule has 0 aliphatic heterocycles. The van der Waals surface area contributed by atoms with E-state index in [0.29, 0.717) is 0 Å². The first-order valence-corrected chi connectivity index (χ1v) is 20.5. The van der Waals surface area contributed by atoms with Crippen molar-refractivity contribution in [3.05, 3.63) is 174 Å². The van der Waals surface area contributed by atoms with Crippen molar-refractivity contribution >= 4 is 49.8 Å². The van der Waals surface area contributed by atoms with Gasteiger partial charge in [0.15, 0.2) is 0 Å². The molecule has 55 heavy (non-hydrogen) atoms. The van der Waals surface area contributed by atoms with E-state index in [9.17, 15) is 0 Å². The maximum atomic E-state index is 6.56. The fourth-order valence-electron chi connectivity index (χ4n) is 12.7. The molecule has 13 rings (SSSR count). The molecule has 4 fully saturated rings. The van der Waals surface area contributed by atoms with Gasteiger partial charge in [0.05, 0.1) is 5.69 Å². The van der Waals surface area contributed by atoms with Gasteiger partial charge in [0.25, 0.3) is 0 Å². The predicted molar refractivity (Wildman–Crippen MR) is 228 cm³/mol. The van der Waals surface area contributed by atoms with Gasteiger partial charge in [-0.25, -0.2) is 0 Å². The van der Waals surface area contributed by atoms with Crippen LogP contribution in [0.15, 0.2) is 156 Å². The summed E-state index contributed by atoms with van der Waals surface area (Å²) in [5.74, 6) is 3.27. The molecule has 2 nitrogen and oxygen atoms in total. The topological polar surface area (TPSA) is 16.4 Å². The Morgan fingerprint density at radius 1 is 0.509 bits per heavy atom. The molecular weight excluding hydrogens is 667 g/mol. The molecule has 1 aromatic heterocycles. The van der Waals surface area contributed by atoms with Crippen LogP contribution in [-0.4, -0.2) is 0 Å². The molecule has 1 heterocycles. The first-order valence-electron chi connectivity index (χ1n) is 20.5. The number of rotatable bonds is 4. The van der Waals surface area contributed by atoms with Gasteiger partial charge >= 0.3 is 0 Å². The van der Waals surface area contributed by atoms with Crippen molar-refractivity contribution in [1.82, 2.24) is 0 Å². The van der Waals surface area contributed by atoms with E-state index in [1.54, 1.807) is 11.1 Å². The standard InChI is InChI=1S/C53H45NO/c1-52(2)45-20-6-7-21-46(45)53(37-27-33-26-34(29-37)30-38(53)28-33)47-25-24-40(32-48(47)52)54(49-22-10-13-35-12-3-4-16-41(35)49)39-15-9-14-36(31-39)42-18-11-19-44-43-17-5-8-23-50(43)55-51(42)44/h3-25,31-34,37-38H,26-30H2,1-2H3. The number of furan rings is 1. The largest absolute Gasteiger partial charge is 0.455 e. The molecule has 4 bridgehead atoms. The number of benzene rings is 7. The number of fused-ring (bicyclic) bond motifs is 6. The summed E-state index contributed by atoms with van der Waals surface area (Å²) in [6.07, 6.45) is 7.00. The third-order valence-corrected chi connectivity index (χ3v) is 14.7. The molecule has 0 unspecified atom stereocenters. The second kappa shape index (κ2) is 11.5. The highest BCUT2D eigenvalue weighted by Crippen LogP contribution is 2.69. The minimum Gasteiger partial charge on any atom is -0.455 e. The highest BCUT2D eigenvalue weighted by molar-refractivity contribution is 6.09. The van der Waals surface area contributed by atoms with E-state index in [0.717, 1.165) is 62.4 Å². The lowest BCUT2D eigenvalue weighted by Gasteiger charge is -2.64. The van der Waals surface area contributed by atoms with Crippen LogP contribution < -0.4 is 4.90 Å². The van der Waals surface area contributed by atoms with E-state index in [2.05, 4.69) is 170 Å². The van der Waals surface area contributed by atoms with Crippen molar-refractivity contribution in [2.75, 3.05) is 4.90 Å². The van der Waals surface area contributed by atoms with Gasteiger partial charge in [-0.1, -0.05) is 129 Å². The molecule has 2 heteroatoms. The highest BCUT2D eigenvalue weighted by atomic mass is 16.3. The average Bonchev–Trinajstić information content (AvgIpc) is 3.60. The highest BCUT2D eigenvalue weighted by Gasteiger charge is 2.62. The lowest BCUT2D eigenvalue weighted by Crippen LogP contribution is -2.58. The lowest BCUT2D eigenvalue weighted by molar-refractivity contribution is -0.0443. The second-order valence-electron chi connectivity index (χ2n) is 17.7. The molecule has 268 valence electrons. The Balaban J connectivity index is 1.08. The fourth-order valence-corrected chi connectivity index (χ4v) is 12.7. The summed E-state index contributed by atoms with van der Waals surface area (Å²) >= 11 is 0. The number of anilines is 3. The van der Waals surface area contributed by atoms with Crippen LogP contribution in [0.2, 0.25) is 0 Å². The molecule has 0 saturated heterocycles. The normalized spacial score (nSPS) is 24.4. The van der Waals surface area contributed by atoms with Crippen LogP contribution in [0.5, 0.6) is 0 Å². The zero-order valence-electron chi connectivity index (χ0n) is 31.6. The van der Waals surface area contributed by atoms with Gasteiger partial charge in [-0.15, -0.1) is 0 Å². The van der Waals surface area contributed by atoms with Crippen LogP contribution in [0.4, 0.5) is 17.1 Å². The molecule has 0 N–H and O–H groups in total. The number of hydrogen-bond donors (Lipinski definition) is 0. The first kappa shape index (κ1) is 31.7. The minimum atomic E-state index is -0.134. The van der Waals surface area contributed by atoms with Crippen molar-refractivity contribution < 1.29 is 4.42 Å². The molecule has 5 aliphatic carbocycles. The average molecular weight is 712 g/mol. The zero-order valence-corrected chi connectivity index (χ0v) is 31.6. The molecule has 8 aromatic rings. The van der Waals surface area contributed by atoms with E-state index < -0.39 is 0 Å². The quantitative estimate of drug-likeness (QED) is 0.181. The Bertz CT molecular complexity index is 2800. The van der Waals surface area contributed by atoms with Gasteiger partial charge in [0.2, 0.25) is 0 Å². The molecule has 0 radical (unpaired) electrons. The third-order valence-electron chi connectivity index (χ3n) is 14.7. The SMILES string of the molecule is CC1(C)c2ccccc2C2(c3ccc(N(c4cccc(-c5cccc6c5oc5ccccc56)c4)c4cccc5ccccc45)cc31)C1CC3CC(C1)CC2C3. The minimum absolute atomic E-state index is 0.100. The number of hydrogen-bond acceptors (Lipinski definition) is 2. The Morgan fingerprint density at radius 2 is 1.15 bits per heavy atom. The summed E-state index contributed by atoms with van der Waals surface area (Å²) in [7, 11) is 0. The number of para-hydroxylation sites is 2. The molecule has 5 aliphatic rings. The maximum Gasteiger partial charge on any atom is 0.143 e. The van der Waals surface area contributed by atoms with Crippen LogP contribution in [0.3, 0.4) is 0 Å². The summed E-state index contributed by atoms with van der Waals surface area (Å²) in [4.78, 5) is 2.52. The van der Waals surface area contributed by atoms with Gasteiger partial charge < -0.3 is 9.32 Å². The Hall–Kier alpha value is -5.60. The molecule has 1 spiro atoms. The van der Waals surface area contributed by atoms with Crippen LogP contribution >= 0.6 is 0 Å². The van der Waals surface area contributed by atoms with Gasteiger partial charge in [-0.05, 0) is 125 Å².